The smallest absolute Gasteiger partial charge is 0.231 e. The van der Waals surface area contributed by atoms with Crippen LogP contribution in [0.2, 0.25) is 0 Å². The van der Waals surface area contributed by atoms with E-state index < -0.39 is 0 Å². The summed E-state index contributed by atoms with van der Waals surface area (Å²) in [5.74, 6) is 1.15. The van der Waals surface area contributed by atoms with Crippen molar-refractivity contribution in [2.24, 2.45) is 10.9 Å². The molecule has 1 aliphatic carbocycles. The highest BCUT2D eigenvalue weighted by Gasteiger charge is 2.33. The zero-order valence-electron chi connectivity index (χ0n) is 11.5. The number of hydrogen-bond acceptors (Lipinski definition) is 3. The second-order valence-electron chi connectivity index (χ2n) is 5.51. The van der Waals surface area contributed by atoms with Crippen LogP contribution in [0.1, 0.15) is 37.7 Å². The van der Waals surface area contributed by atoms with Crippen molar-refractivity contribution in [2.75, 3.05) is 0 Å². The first-order chi connectivity index (χ1) is 9.83. The lowest BCUT2D eigenvalue weighted by Crippen LogP contribution is -2.44. The summed E-state index contributed by atoms with van der Waals surface area (Å²) < 4.78 is 0. The first kappa shape index (κ1) is 13.7. The second-order valence-corrected chi connectivity index (χ2v) is 6.47. The molecule has 1 saturated carbocycles. The Bertz CT molecular complexity index is 500. The van der Waals surface area contributed by atoms with E-state index in [1.165, 1.54) is 18.4 Å². The zero-order valence-corrected chi connectivity index (χ0v) is 12.4. The fraction of sp³-hybridized carbons (Fsp3) is 0.500. The third-order valence-electron chi connectivity index (χ3n) is 4.05. The van der Waals surface area contributed by atoms with Crippen LogP contribution in [0.15, 0.2) is 35.3 Å². The molecule has 20 heavy (non-hydrogen) atoms. The third-order valence-corrected chi connectivity index (χ3v) is 5.01. The summed E-state index contributed by atoms with van der Waals surface area (Å²) in [6.45, 7) is 0. The van der Waals surface area contributed by atoms with Gasteiger partial charge in [0.05, 0.1) is 12.0 Å². The third kappa shape index (κ3) is 3.23. The number of nitrogens with one attached hydrogen (secondary N) is 1. The number of benzene rings is 1. The number of aliphatic imine (C=N–C) groups is 1. The lowest BCUT2D eigenvalue weighted by atomic mass is 9.93. The van der Waals surface area contributed by atoms with Gasteiger partial charge in [-0.3, -0.25) is 9.79 Å². The molecule has 1 N–H and O–H groups in total. The maximum absolute atomic E-state index is 12.2. The SMILES string of the molecule is O=C1NC(SCc2ccccc2)=NC2CCCCCC12. The summed E-state index contributed by atoms with van der Waals surface area (Å²) in [6, 6.07) is 10.5. The van der Waals surface area contributed by atoms with Gasteiger partial charge >= 0.3 is 0 Å². The van der Waals surface area contributed by atoms with Gasteiger partial charge < -0.3 is 5.32 Å². The number of carbonyl (C=O) groups is 1. The second kappa shape index (κ2) is 6.44. The lowest BCUT2D eigenvalue weighted by Gasteiger charge is -2.27. The van der Waals surface area contributed by atoms with Crippen LogP contribution in [0.4, 0.5) is 0 Å². The van der Waals surface area contributed by atoms with Crippen molar-refractivity contribution in [3.05, 3.63) is 35.9 Å². The van der Waals surface area contributed by atoms with Crippen LogP contribution in [0.3, 0.4) is 0 Å². The van der Waals surface area contributed by atoms with Gasteiger partial charge in [-0.15, -0.1) is 0 Å². The van der Waals surface area contributed by atoms with E-state index in [-0.39, 0.29) is 17.9 Å². The molecule has 1 heterocycles. The Labute approximate surface area is 124 Å². The van der Waals surface area contributed by atoms with E-state index in [0.29, 0.717) is 0 Å². The summed E-state index contributed by atoms with van der Waals surface area (Å²) in [4.78, 5) is 17.0. The minimum Gasteiger partial charge on any atom is -0.305 e. The van der Waals surface area contributed by atoms with Crippen molar-refractivity contribution in [3.8, 4) is 0 Å². The number of carbonyl (C=O) groups excluding carboxylic acids is 1. The standard InChI is InChI=1S/C16H20N2OS/c19-15-13-9-5-2-6-10-14(13)17-16(18-15)20-11-12-7-3-1-4-8-12/h1,3-4,7-8,13-14H,2,5-6,9-11H2,(H,17,18,19). The number of thioether (sulfide) groups is 1. The largest absolute Gasteiger partial charge is 0.305 e. The Morgan fingerprint density at radius 1 is 1.15 bits per heavy atom. The number of nitrogens with zero attached hydrogens (tertiary/aromatic N) is 1. The fourth-order valence-electron chi connectivity index (χ4n) is 2.93. The number of hydrogen-bond donors (Lipinski definition) is 1. The predicted molar refractivity (Wildman–Crippen MR) is 83.7 cm³/mol. The highest BCUT2D eigenvalue weighted by molar-refractivity contribution is 8.13. The Balaban J connectivity index is 1.66. The van der Waals surface area contributed by atoms with Gasteiger partial charge in [0, 0.05) is 5.75 Å². The van der Waals surface area contributed by atoms with E-state index >= 15 is 0 Å². The van der Waals surface area contributed by atoms with E-state index in [1.807, 2.05) is 18.2 Å². The van der Waals surface area contributed by atoms with E-state index in [2.05, 4.69) is 17.4 Å². The first-order valence-electron chi connectivity index (χ1n) is 7.38. The molecule has 0 radical (unpaired) electrons. The van der Waals surface area contributed by atoms with Crippen molar-refractivity contribution < 1.29 is 4.79 Å². The van der Waals surface area contributed by atoms with Crippen molar-refractivity contribution in [1.29, 1.82) is 0 Å². The molecule has 4 heteroatoms. The summed E-state index contributed by atoms with van der Waals surface area (Å²) in [6.07, 6.45) is 5.66. The highest BCUT2D eigenvalue weighted by Crippen LogP contribution is 2.29. The van der Waals surface area contributed by atoms with Gasteiger partial charge in [-0.25, -0.2) is 0 Å². The zero-order chi connectivity index (χ0) is 13.8. The molecule has 2 atom stereocenters. The molecule has 0 saturated heterocycles. The number of fused-ring (bicyclic) bond motifs is 1. The van der Waals surface area contributed by atoms with E-state index in [4.69, 9.17) is 4.99 Å². The Morgan fingerprint density at radius 3 is 2.80 bits per heavy atom. The van der Waals surface area contributed by atoms with E-state index in [1.54, 1.807) is 11.8 Å². The van der Waals surface area contributed by atoms with Gasteiger partial charge in [0.25, 0.3) is 0 Å². The first-order valence-corrected chi connectivity index (χ1v) is 8.37. The summed E-state index contributed by atoms with van der Waals surface area (Å²) in [5.41, 5.74) is 1.26. The van der Waals surface area contributed by atoms with E-state index in [0.717, 1.165) is 30.2 Å². The Morgan fingerprint density at radius 2 is 1.95 bits per heavy atom. The van der Waals surface area contributed by atoms with Gasteiger partial charge in [-0.1, -0.05) is 61.4 Å². The molecule has 1 aromatic rings. The van der Waals surface area contributed by atoms with E-state index in [9.17, 15) is 4.79 Å². The van der Waals surface area contributed by atoms with Crippen LogP contribution in [0.25, 0.3) is 0 Å². The monoisotopic (exact) mass is 288 g/mol. The summed E-state index contributed by atoms with van der Waals surface area (Å²) >= 11 is 1.63. The molecular weight excluding hydrogens is 268 g/mol. The average Bonchev–Trinajstić information content (AvgIpc) is 2.72. The molecule has 1 aliphatic heterocycles. The van der Waals surface area contributed by atoms with Crippen LogP contribution in [0, 0.1) is 5.92 Å². The Hall–Kier alpha value is -1.29. The van der Waals surface area contributed by atoms with Crippen LogP contribution in [0.5, 0.6) is 0 Å². The molecule has 0 bridgehead atoms. The fourth-order valence-corrected chi connectivity index (χ4v) is 3.81. The van der Waals surface area contributed by atoms with Gasteiger partial charge in [0.1, 0.15) is 0 Å². The van der Waals surface area contributed by atoms with Crippen LogP contribution in [-0.2, 0) is 10.5 Å². The molecule has 2 unspecified atom stereocenters. The number of amidine groups is 1. The van der Waals surface area contributed by atoms with Gasteiger partial charge in [0.15, 0.2) is 5.17 Å². The maximum Gasteiger partial charge on any atom is 0.231 e. The molecule has 0 aromatic heterocycles. The van der Waals surface area contributed by atoms with Crippen molar-refractivity contribution in [1.82, 2.24) is 5.32 Å². The molecule has 2 aliphatic rings. The molecule has 1 fully saturated rings. The highest BCUT2D eigenvalue weighted by atomic mass is 32.2. The van der Waals surface area contributed by atoms with Crippen molar-refractivity contribution in [2.45, 2.75) is 43.9 Å². The quantitative estimate of drug-likeness (QED) is 0.906. The predicted octanol–water partition coefficient (Wildman–Crippen LogP) is 3.35. The minimum atomic E-state index is 0.110. The van der Waals surface area contributed by atoms with Crippen LogP contribution >= 0.6 is 11.8 Å². The number of amides is 1. The minimum absolute atomic E-state index is 0.110. The molecule has 106 valence electrons. The van der Waals surface area contributed by atoms with Gasteiger partial charge in [-0.05, 0) is 18.4 Å². The molecule has 0 spiro atoms. The Kier molecular flexibility index (Phi) is 4.41. The summed E-state index contributed by atoms with van der Waals surface area (Å²) in [7, 11) is 0. The van der Waals surface area contributed by atoms with Crippen LogP contribution in [-0.4, -0.2) is 17.1 Å². The van der Waals surface area contributed by atoms with Crippen molar-refractivity contribution in [3.63, 3.8) is 0 Å². The van der Waals surface area contributed by atoms with Gasteiger partial charge in [0.2, 0.25) is 5.91 Å². The molecule has 1 aromatic carbocycles. The molecule has 1 amide bonds. The maximum atomic E-state index is 12.2. The summed E-state index contributed by atoms with van der Waals surface area (Å²) in [5, 5.41) is 3.80. The molecular formula is C16H20N2OS. The lowest BCUT2D eigenvalue weighted by molar-refractivity contribution is -0.124. The normalized spacial score (nSPS) is 26.2. The number of rotatable bonds is 2. The molecule has 3 rings (SSSR count). The van der Waals surface area contributed by atoms with Gasteiger partial charge in [-0.2, -0.15) is 0 Å². The molecule has 3 nitrogen and oxygen atoms in total. The average molecular weight is 288 g/mol. The van der Waals surface area contributed by atoms with Crippen LogP contribution < -0.4 is 5.32 Å². The van der Waals surface area contributed by atoms with Crippen molar-refractivity contribution >= 4 is 22.8 Å². The topological polar surface area (TPSA) is 41.5 Å².